The van der Waals surface area contributed by atoms with E-state index < -0.39 is 5.60 Å². The number of benzene rings is 1. The zero-order valence-corrected chi connectivity index (χ0v) is 13.6. The molecule has 4 nitrogen and oxygen atoms in total. The summed E-state index contributed by atoms with van der Waals surface area (Å²) in [6.45, 7) is 8.53. The van der Waals surface area contributed by atoms with Gasteiger partial charge in [0, 0.05) is 26.2 Å². The Morgan fingerprint density at radius 2 is 2.23 bits per heavy atom. The summed E-state index contributed by atoms with van der Waals surface area (Å²) in [5.74, 6) is 0.206. The fourth-order valence-electron chi connectivity index (χ4n) is 2.56. The van der Waals surface area contributed by atoms with Gasteiger partial charge in [-0.3, -0.25) is 0 Å². The first-order valence-corrected chi connectivity index (χ1v) is 7.76. The molecule has 122 valence electrons. The Labute approximate surface area is 131 Å². The average molecular weight is 308 g/mol. The zero-order chi connectivity index (χ0) is 16.2. The molecule has 1 heterocycles. The van der Waals surface area contributed by atoms with Gasteiger partial charge in [-0.05, 0) is 50.8 Å². The molecular formula is C17H25FN2O2. The molecule has 1 N–H and O–H groups in total. The molecule has 0 spiro atoms. The van der Waals surface area contributed by atoms with Gasteiger partial charge < -0.3 is 15.0 Å². The molecule has 1 atom stereocenters. The van der Waals surface area contributed by atoms with Crippen molar-refractivity contribution < 1.29 is 13.9 Å². The molecule has 5 heteroatoms. The lowest BCUT2D eigenvalue weighted by molar-refractivity contribution is 0.0288. The van der Waals surface area contributed by atoms with Crippen LogP contribution in [0.5, 0.6) is 0 Å². The van der Waals surface area contributed by atoms with Crippen molar-refractivity contribution in [2.24, 2.45) is 5.92 Å². The second-order valence-corrected chi connectivity index (χ2v) is 6.84. The van der Waals surface area contributed by atoms with Gasteiger partial charge in [-0.25, -0.2) is 9.18 Å². The van der Waals surface area contributed by atoms with Crippen LogP contribution < -0.4 is 5.32 Å². The first-order valence-electron chi connectivity index (χ1n) is 7.76. The van der Waals surface area contributed by atoms with E-state index in [1.54, 1.807) is 11.0 Å². The molecule has 1 fully saturated rings. The number of carbonyl (C=O) groups is 1. The van der Waals surface area contributed by atoms with E-state index in [0.717, 1.165) is 25.1 Å². The topological polar surface area (TPSA) is 41.6 Å². The summed E-state index contributed by atoms with van der Waals surface area (Å²) in [4.78, 5) is 13.7. The molecule has 1 aromatic carbocycles. The van der Waals surface area contributed by atoms with Crippen LogP contribution in [0.4, 0.5) is 9.18 Å². The third-order valence-corrected chi connectivity index (χ3v) is 3.59. The minimum atomic E-state index is -0.454. The Bertz CT molecular complexity index is 514. The molecule has 1 aromatic rings. The number of nitrogens with zero attached hydrogens (tertiary/aromatic N) is 1. The lowest BCUT2D eigenvalue weighted by Crippen LogP contribution is -2.36. The summed E-state index contributed by atoms with van der Waals surface area (Å²) in [5.41, 5.74) is 0.479. The van der Waals surface area contributed by atoms with E-state index >= 15 is 0 Å². The van der Waals surface area contributed by atoms with Crippen LogP contribution in [0.15, 0.2) is 24.3 Å². The van der Waals surface area contributed by atoms with Crippen LogP contribution in [0.2, 0.25) is 0 Å². The number of halogens is 1. The highest BCUT2D eigenvalue weighted by molar-refractivity contribution is 5.68. The van der Waals surface area contributed by atoms with E-state index in [2.05, 4.69) is 5.32 Å². The molecule has 1 aliphatic heterocycles. The number of nitrogens with one attached hydrogen (secondary N) is 1. The van der Waals surface area contributed by atoms with E-state index in [9.17, 15) is 9.18 Å². The average Bonchev–Trinajstić information content (AvgIpc) is 2.86. The number of carbonyl (C=O) groups excluding carboxylic acids is 1. The third kappa shape index (κ3) is 5.30. The monoisotopic (exact) mass is 308 g/mol. The van der Waals surface area contributed by atoms with Crippen LogP contribution in [0, 0.1) is 11.7 Å². The van der Waals surface area contributed by atoms with Gasteiger partial charge >= 0.3 is 6.09 Å². The van der Waals surface area contributed by atoms with Crippen LogP contribution >= 0.6 is 0 Å². The standard InChI is InChI=1S/C17H25FN2O2/c1-17(2,3)22-16(21)20-8-7-14(12-20)11-19-10-13-5-4-6-15(18)9-13/h4-6,9,14,19H,7-8,10-12H2,1-3H3. The number of rotatable bonds is 4. The summed E-state index contributed by atoms with van der Waals surface area (Å²) in [6.07, 6.45) is 0.732. The van der Waals surface area contributed by atoms with Crippen LogP contribution in [0.3, 0.4) is 0 Å². The SMILES string of the molecule is CC(C)(C)OC(=O)N1CCC(CNCc2cccc(F)c2)C1. The van der Waals surface area contributed by atoms with Gasteiger partial charge in [0.1, 0.15) is 11.4 Å². The van der Waals surface area contributed by atoms with E-state index in [0.29, 0.717) is 19.0 Å². The smallest absolute Gasteiger partial charge is 0.410 e. The molecule has 0 radical (unpaired) electrons. The number of hydrogen-bond acceptors (Lipinski definition) is 3. The van der Waals surface area contributed by atoms with Crippen molar-refractivity contribution in [2.45, 2.75) is 39.3 Å². The van der Waals surface area contributed by atoms with Crippen molar-refractivity contribution in [2.75, 3.05) is 19.6 Å². The maximum Gasteiger partial charge on any atom is 0.410 e. The van der Waals surface area contributed by atoms with Crippen LogP contribution in [-0.2, 0) is 11.3 Å². The lowest BCUT2D eigenvalue weighted by atomic mass is 10.1. The van der Waals surface area contributed by atoms with Crippen molar-refractivity contribution in [3.63, 3.8) is 0 Å². The van der Waals surface area contributed by atoms with Gasteiger partial charge in [0.25, 0.3) is 0 Å². The van der Waals surface area contributed by atoms with Crippen molar-refractivity contribution in [1.29, 1.82) is 0 Å². The van der Waals surface area contributed by atoms with Gasteiger partial charge in [0.15, 0.2) is 0 Å². The second-order valence-electron chi connectivity index (χ2n) is 6.84. The Morgan fingerprint density at radius 1 is 1.45 bits per heavy atom. The molecule has 1 saturated heterocycles. The fourth-order valence-corrected chi connectivity index (χ4v) is 2.56. The Kier molecular flexibility index (Phi) is 5.40. The summed E-state index contributed by atoms with van der Waals surface area (Å²) in [5, 5.41) is 3.33. The highest BCUT2D eigenvalue weighted by Crippen LogP contribution is 2.19. The summed E-state index contributed by atoms with van der Waals surface area (Å²) < 4.78 is 18.5. The highest BCUT2D eigenvalue weighted by atomic mass is 19.1. The largest absolute Gasteiger partial charge is 0.444 e. The van der Waals surface area contributed by atoms with Gasteiger partial charge in [-0.15, -0.1) is 0 Å². The minimum Gasteiger partial charge on any atom is -0.444 e. The van der Waals surface area contributed by atoms with Crippen molar-refractivity contribution in [3.8, 4) is 0 Å². The van der Waals surface area contributed by atoms with E-state index in [-0.39, 0.29) is 11.9 Å². The maximum atomic E-state index is 13.1. The lowest BCUT2D eigenvalue weighted by Gasteiger charge is -2.24. The van der Waals surface area contributed by atoms with Crippen molar-refractivity contribution in [3.05, 3.63) is 35.6 Å². The van der Waals surface area contributed by atoms with E-state index in [1.165, 1.54) is 12.1 Å². The first-order chi connectivity index (χ1) is 10.3. The highest BCUT2D eigenvalue weighted by Gasteiger charge is 2.29. The Balaban J connectivity index is 1.71. The molecule has 2 rings (SSSR count). The minimum absolute atomic E-state index is 0.212. The molecule has 1 amide bonds. The molecule has 1 unspecified atom stereocenters. The quantitative estimate of drug-likeness (QED) is 0.929. The van der Waals surface area contributed by atoms with Crippen molar-refractivity contribution in [1.82, 2.24) is 10.2 Å². The van der Waals surface area contributed by atoms with Crippen molar-refractivity contribution >= 4 is 6.09 Å². The molecule has 0 aromatic heterocycles. The number of ether oxygens (including phenoxy) is 1. The molecule has 22 heavy (non-hydrogen) atoms. The fraction of sp³-hybridized carbons (Fsp3) is 0.588. The van der Waals surface area contributed by atoms with Crippen LogP contribution in [-0.4, -0.2) is 36.2 Å². The molecule has 0 aliphatic carbocycles. The first kappa shape index (κ1) is 16.7. The Hall–Kier alpha value is -1.62. The predicted octanol–water partition coefficient (Wildman–Crippen LogP) is 3.17. The van der Waals surface area contributed by atoms with E-state index in [4.69, 9.17) is 4.74 Å². The molecule has 0 saturated carbocycles. The van der Waals surface area contributed by atoms with E-state index in [1.807, 2.05) is 26.8 Å². The third-order valence-electron chi connectivity index (χ3n) is 3.59. The van der Waals surface area contributed by atoms with Crippen LogP contribution in [0.1, 0.15) is 32.8 Å². The van der Waals surface area contributed by atoms with Gasteiger partial charge in [0.2, 0.25) is 0 Å². The summed E-state index contributed by atoms with van der Waals surface area (Å²) >= 11 is 0. The normalized spacial score (nSPS) is 18.5. The zero-order valence-electron chi connectivity index (χ0n) is 13.6. The maximum absolute atomic E-state index is 13.1. The molecular weight excluding hydrogens is 283 g/mol. The van der Waals surface area contributed by atoms with Gasteiger partial charge in [-0.1, -0.05) is 12.1 Å². The molecule has 0 bridgehead atoms. The number of hydrogen-bond donors (Lipinski definition) is 1. The predicted molar refractivity (Wildman–Crippen MR) is 84.0 cm³/mol. The number of amides is 1. The Morgan fingerprint density at radius 3 is 2.91 bits per heavy atom. The van der Waals surface area contributed by atoms with Crippen LogP contribution in [0.25, 0.3) is 0 Å². The van der Waals surface area contributed by atoms with Gasteiger partial charge in [0.05, 0.1) is 0 Å². The summed E-state index contributed by atoms with van der Waals surface area (Å²) in [6, 6.07) is 6.59. The molecule has 1 aliphatic rings. The van der Waals surface area contributed by atoms with Gasteiger partial charge in [-0.2, -0.15) is 0 Å². The number of likely N-dealkylation sites (tertiary alicyclic amines) is 1. The second kappa shape index (κ2) is 7.09. The summed E-state index contributed by atoms with van der Waals surface area (Å²) in [7, 11) is 0.